The van der Waals surface area contributed by atoms with Crippen LogP contribution in [0.2, 0.25) is 0 Å². The molecule has 2 amide bonds. The van der Waals surface area contributed by atoms with Gasteiger partial charge in [-0.2, -0.15) is 5.10 Å². The monoisotopic (exact) mass is 559 g/mol. The van der Waals surface area contributed by atoms with Gasteiger partial charge in [-0.1, -0.05) is 30.3 Å². The Bertz CT molecular complexity index is 1390. The summed E-state index contributed by atoms with van der Waals surface area (Å²) in [5, 5.41) is 5.80. The van der Waals surface area contributed by atoms with Crippen LogP contribution >= 0.6 is 0 Å². The Labute approximate surface area is 228 Å². The van der Waals surface area contributed by atoms with Crippen molar-refractivity contribution in [2.75, 3.05) is 7.05 Å². The molecule has 1 unspecified atom stereocenters. The molecule has 12 heteroatoms. The molecular weight excluding hydrogens is 526 g/mol. The first-order valence-electron chi connectivity index (χ1n) is 12.1. The van der Waals surface area contributed by atoms with Crippen LogP contribution in [0.1, 0.15) is 54.0 Å². The molecule has 0 fully saturated rings. The molecule has 1 aliphatic heterocycles. The average molecular weight is 560 g/mol. The van der Waals surface area contributed by atoms with Gasteiger partial charge in [0.1, 0.15) is 16.9 Å². The molecule has 0 spiro atoms. The van der Waals surface area contributed by atoms with Crippen LogP contribution in [-0.4, -0.2) is 66.1 Å². The molecule has 0 saturated carbocycles. The van der Waals surface area contributed by atoms with E-state index in [0.29, 0.717) is 10.6 Å². The number of ether oxygens (including phenoxy) is 2. The molecule has 0 saturated heterocycles. The third-order valence-electron chi connectivity index (χ3n) is 5.43. The molecule has 210 valence electrons. The minimum absolute atomic E-state index is 0.0198. The third-order valence-corrected chi connectivity index (χ3v) is 7.22. The fourth-order valence-electron chi connectivity index (χ4n) is 3.72. The number of amides is 2. The van der Waals surface area contributed by atoms with Crippen molar-refractivity contribution in [1.29, 1.82) is 0 Å². The summed E-state index contributed by atoms with van der Waals surface area (Å²) in [6, 6.07) is 13.6. The lowest BCUT2D eigenvalue weighted by Crippen LogP contribution is -2.61. The number of rotatable bonds is 4. The van der Waals surface area contributed by atoms with Crippen LogP contribution in [0.25, 0.3) is 0 Å². The summed E-state index contributed by atoms with van der Waals surface area (Å²) in [5.74, 6) is -0.701. The summed E-state index contributed by atoms with van der Waals surface area (Å²) in [6.45, 7) is 11.0. The number of hydrogen-bond donors (Lipinski definition) is 0. The normalized spacial score (nSPS) is 17.9. The predicted octanol–water partition coefficient (Wildman–Crippen LogP) is 4.56. The zero-order valence-corrected chi connectivity index (χ0v) is 24.0. The smallest absolute Gasteiger partial charge is 0.442 e. The van der Waals surface area contributed by atoms with E-state index in [2.05, 4.69) is 5.10 Å². The maximum absolute atomic E-state index is 13.4. The van der Waals surface area contributed by atoms with Gasteiger partial charge < -0.3 is 9.47 Å². The summed E-state index contributed by atoms with van der Waals surface area (Å²) in [5.41, 5.74) is -3.60. The molecule has 3 rings (SSSR count). The highest BCUT2D eigenvalue weighted by molar-refractivity contribution is 7.91. The highest BCUT2D eigenvalue weighted by atomic mass is 32.2. The zero-order chi connectivity index (χ0) is 29.4. The molecule has 0 N–H and O–H groups in total. The number of benzene rings is 2. The highest BCUT2D eigenvalue weighted by Gasteiger charge is 2.57. The van der Waals surface area contributed by atoms with E-state index in [4.69, 9.17) is 14.3 Å². The average Bonchev–Trinajstić information content (AvgIpc) is 3.05. The van der Waals surface area contributed by atoms with Crippen molar-refractivity contribution >= 4 is 33.7 Å². The van der Waals surface area contributed by atoms with E-state index in [1.54, 1.807) is 59.7 Å². The van der Waals surface area contributed by atoms with Gasteiger partial charge in [0.15, 0.2) is 0 Å². The molecule has 1 aliphatic rings. The molecule has 0 aliphatic carbocycles. The number of hydroxylamine groups is 2. The van der Waals surface area contributed by atoms with Gasteiger partial charge in [0.2, 0.25) is 15.4 Å². The Kier molecular flexibility index (Phi) is 7.84. The van der Waals surface area contributed by atoms with Crippen LogP contribution in [0.5, 0.6) is 0 Å². The summed E-state index contributed by atoms with van der Waals surface area (Å²) in [7, 11) is -2.42. The van der Waals surface area contributed by atoms with Crippen molar-refractivity contribution in [2.45, 2.75) is 75.0 Å². The van der Waals surface area contributed by atoms with E-state index in [9.17, 15) is 22.8 Å². The van der Waals surface area contributed by atoms with Crippen molar-refractivity contribution in [3.05, 3.63) is 60.2 Å². The predicted molar refractivity (Wildman–Crippen MR) is 141 cm³/mol. The molecular formula is C27H33N3O8S. The lowest BCUT2D eigenvalue weighted by atomic mass is 9.90. The van der Waals surface area contributed by atoms with Crippen LogP contribution in [0.15, 0.2) is 69.5 Å². The van der Waals surface area contributed by atoms with Gasteiger partial charge in [-0.25, -0.2) is 23.0 Å². The summed E-state index contributed by atoms with van der Waals surface area (Å²) < 4.78 is 36.7. The second-order valence-corrected chi connectivity index (χ2v) is 13.0. The largest absolute Gasteiger partial charge is 0.534 e. The van der Waals surface area contributed by atoms with Crippen LogP contribution < -0.4 is 0 Å². The van der Waals surface area contributed by atoms with E-state index < -0.39 is 44.7 Å². The lowest BCUT2D eigenvalue weighted by molar-refractivity contribution is -0.176. The highest BCUT2D eigenvalue weighted by Crippen LogP contribution is 2.33. The van der Waals surface area contributed by atoms with Crippen molar-refractivity contribution < 1.29 is 37.1 Å². The Morgan fingerprint density at radius 1 is 0.872 bits per heavy atom. The number of hydrazone groups is 1. The Morgan fingerprint density at radius 3 is 1.90 bits per heavy atom. The molecule has 39 heavy (non-hydrogen) atoms. The summed E-state index contributed by atoms with van der Waals surface area (Å²) >= 11 is 0. The Hall–Kier alpha value is -3.93. The number of nitrogens with zero attached hydrogens (tertiary/aromatic N) is 3. The molecule has 2 aromatic rings. The number of hydrogen-bond acceptors (Lipinski definition) is 9. The Balaban J connectivity index is 2.06. The molecule has 0 radical (unpaired) electrons. The van der Waals surface area contributed by atoms with Crippen molar-refractivity contribution in [3.63, 3.8) is 0 Å². The second-order valence-electron chi connectivity index (χ2n) is 11.0. The van der Waals surface area contributed by atoms with Gasteiger partial charge in [-0.3, -0.25) is 9.63 Å². The standard InChI is InChI=1S/C27H33N3O8S/c1-25(2,3)36-23(32)30(38-24(33)37-26(4,5)6)27(7)21(28-29(8)22(27)31)18-14-16-20(17-15-18)39(34,35)19-12-10-9-11-13-19/h9-17H,1-8H3. The van der Waals surface area contributed by atoms with Gasteiger partial charge in [-0.15, -0.1) is 5.06 Å². The van der Waals surface area contributed by atoms with E-state index in [1.807, 2.05) is 0 Å². The van der Waals surface area contributed by atoms with Crippen molar-refractivity contribution in [1.82, 2.24) is 10.1 Å². The minimum atomic E-state index is -3.80. The third kappa shape index (κ3) is 6.39. The topological polar surface area (TPSA) is 132 Å². The fraction of sp³-hybridized carbons (Fsp3) is 0.407. The number of carbonyl (C=O) groups is 3. The molecule has 1 heterocycles. The number of likely N-dealkylation sites (N-methyl/N-ethyl adjacent to an activating group) is 1. The lowest BCUT2D eigenvalue weighted by Gasteiger charge is -2.36. The molecule has 11 nitrogen and oxygen atoms in total. The van der Waals surface area contributed by atoms with Crippen molar-refractivity contribution in [3.8, 4) is 0 Å². The van der Waals surface area contributed by atoms with Gasteiger partial charge in [0, 0.05) is 12.6 Å². The van der Waals surface area contributed by atoms with Crippen molar-refractivity contribution in [2.24, 2.45) is 5.10 Å². The van der Waals surface area contributed by atoms with Crippen LogP contribution in [0.3, 0.4) is 0 Å². The van der Waals surface area contributed by atoms with Crippen LogP contribution in [-0.2, 0) is 28.9 Å². The van der Waals surface area contributed by atoms with E-state index >= 15 is 0 Å². The molecule has 0 bridgehead atoms. The van der Waals surface area contributed by atoms with Gasteiger partial charge in [0.25, 0.3) is 5.91 Å². The SMILES string of the molecule is CN1N=C(c2ccc(S(=O)(=O)c3ccccc3)cc2)C(C)(N(OC(=O)OC(C)(C)C)C(=O)OC(C)(C)C)C1=O. The second kappa shape index (κ2) is 10.3. The van der Waals surface area contributed by atoms with E-state index in [1.165, 1.54) is 50.4 Å². The first kappa shape index (κ1) is 29.6. The number of carbonyl (C=O) groups excluding carboxylic acids is 3. The van der Waals surface area contributed by atoms with Gasteiger partial charge in [0.05, 0.1) is 9.79 Å². The fourth-order valence-corrected chi connectivity index (χ4v) is 5.00. The maximum atomic E-state index is 13.4. The maximum Gasteiger partial charge on any atom is 0.534 e. The van der Waals surface area contributed by atoms with Gasteiger partial charge in [-0.05, 0) is 72.7 Å². The zero-order valence-electron chi connectivity index (χ0n) is 23.2. The molecule has 2 aromatic carbocycles. The summed E-state index contributed by atoms with van der Waals surface area (Å²) in [4.78, 5) is 44.8. The molecule has 0 aromatic heterocycles. The number of sulfone groups is 1. The van der Waals surface area contributed by atoms with E-state index in [-0.39, 0.29) is 15.5 Å². The van der Waals surface area contributed by atoms with Gasteiger partial charge >= 0.3 is 12.2 Å². The summed E-state index contributed by atoms with van der Waals surface area (Å²) in [6.07, 6.45) is -2.36. The quantitative estimate of drug-likeness (QED) is 0.393. The first-order chi connectivity index (χ1) is 17.9. The molecule has 1 atom stereocenters. The Morgan fingerprint density at radius 2 is 1.38 bits per heavy atom. The minimum Gasteiger partial charge on any atom is -0.442 e. The van der Waals surface area contributed by atoms with E-state index in [0.717, 1.165) is 5.01 Å². The van der Waals surface area contributed by atoms with Crippen LogP contribution in [0, 0.1) is 0 Å². The first-order valence-corrected chi connectivity index (χ1v) is 13.6. The van der Waals surface area contributed by atoms with Crippen LogP contribution in [0.4, 0.5) is 9.59 Å².